The van der Waals surface area contributed by atoms with Gasteiger partial charge in [0.1, 0.15) is 11.9 Å². The number of aromatic nitrogens is 1. The van der Waals surface area contributed by atoms with Crippen molar-refractivity contribution in [2.45, 2.75) is 57.3 Å². The number of nitrogens with one attached hydrogen (secondary N) is 1. The van der Waals surface area contributed by atoms with Crippen LogP contribution in [0.25, 0.3) is 0 Å². The molecule has 1 amide bonds. The molecule has 2 fully saturated rings. The molecule has 4 aliphatic heterocycles. The second-order valence-corrected chi connectivity index (χ2v) is 10.3. The molecule has 1 N–H and O–H groups in total. The summed E-state index contributed by atoms with van der Waals surface area (Å²) in [5.74, 6) is 1.06. The number of ether oxygens (including phenoxy) is 1. The van der Waals surface area contributed by atoms with Crippen molar-refractivity contribution in [2.24, 2.45) is 0 Å². The smallest absolute Gasteiger partial charge is 0.254 e. The minimum atomic E-state index is 0.174. The van der Waals surface area contributed by atoms with Gasteiger partial charge in [0.2, 0.25) is 0 Å². The van der Waals surface area contributed by atoms with Crippen LogP contribution in [0.3, 0.4) is 0 Å². The van der Waals surface area contributed by atoms with Crippen LogP contribution < -0.4 is 15.0 Å². The molecule has 6 rings (SSSR count). The molecule has 1 aromatic heterocycles. The Bertz CT molecular complexity index is 1070. The molecule has 7 nitrogen and oxygen atoms in total. The SMILES string of the molecule is CN1CCCc2c(CN3CC[C@H](Oc4ccc5c(c4)CN(C4CCCNC4)C5=O)C3)cncc21. The average Bonchev–Trinajstić information content (AvgIpc) is 3.44. The third kappa shape index (κ3) is 4.16. The summed E-state index contributed by atoms with van der Waals surface area (Å²) in [6.07, 6.45) is 9.85. The first-order valence-corrected chi connectivity index (χ1v) is 12.9. The minimum absolute atomic E-state index is 0.174. The van der Waals surface area contributed by atoms with E-state index in [2.05, 4.69) is 39.4 Å². The number of piperidine rings is 1. The lowest BCUT2D eigenvalue weighted by molar-refractivity contribution is 0.0674. The molecule has 0 saturated carbocycles. The molecule has 0 spiro atoms. The van der Waals surface area contributed by atoms with Gasteiger partial charge in [0.05, 0.1) is 11.9 Å². The van der Waals surface area contributed by atoms with Crippen LogP contribution in [0.5, 0.6) is 5.75 Å². The third-order valence-corrected chi connectivity index (χ3v) is 8.00. The zero-order valence-electron chi connectivity index (χ0n) is 20.1. The van der Waals surface area contributed by atoms with E-state index in [9.17, 15) is 4.79 Å². The number of benzene rings is 1. The number of likely N-dealkylation sites (tertiary alicyclic amines) is 1. The molecule has 2 aromatic rings. The maximum atomic E-state index is 12.9. The number of hydrogen-bond acceptors (Lipinski definition) is 6. The van der Waals surface area contributed by atoms with Gasteiger partial charge < -0.3 is 19.9 Å². The van der Waals surface area contributed by atoms with Crippen LogP contribution in [0.4, 0.5) is 5.69 Å². The van der Waals surface area contributed by atoms with Crippen LogP contribution in [-0.2, 0) is 19.5 Å². The highest BCUT2D eigenvalue weighted by atomic mass is 16.5. The van der Waals surface area contributed by atoms with Gasteiger partial charge in [-0.3, -0.25) is 14.7 Å². The number of nitrogens with zero attached hydrogens (tertiary/aromatic N) is 4. The van der Waals surface area contributed by atoms with Crippen molar-refractivity contribution < 1.29 is 9.53 Å². The van der Waals surface area contributed by atoms with E-state index in [1.165, 1.54) is 23.2 Å². The van der Waals surface area contributed by atoms with Crippen molar-refractivity contribution in [1.82, 2.24) is 20.1 Å². The Kier molecular flexibility index (Phi) is 5.91. The van der Waals surface area contributed by atoms with E-state index in [0.29, 0.717) is 12.6 Å². The van der Waals surface area contributed by atoms with E-state index in [0.717, 1.165) is 81.8 Å². The molecule has 0 aliphatic carbocycles. The molecular formula is C27H35N5O2. The predicted molar refractivity (Wildman–Crippen MR) is 132 cm³/mol. The summed E-state index contributed by atoms with van der Waals surface area (Å²) in [6, 6.07) is 6.35. The molecule has 5 heterocycles. The quantitative estimate of drug-likeness (QED) is 0.739. The largest absolute Gasteiger partial charge is 0.489 e. The molecule has 180 valence electrons. The maximum Gasteiger partial charge on any atom is 0.254 e. The fourth-order valence-corrected chi connectivity index (χ4v) is 6.14. The zero-order valence-corrected chi connectivity index (χ0v) is 20.1. The third-order valence-electron chi connectivity index (χ3n) is 8.00. The molecule has 2 atom stereocenters. The Morgan fingerprint density at radius 1 is 1.18 bits per heavy atom. The monoisotopic (exact) mass is 461 g/mol. The lowest BCUT2D eigenvalue weighted by Crippen LogP contribution is -2.46. The van der Waals surface area contributed by atoms with Gasteiger partial charge >= 0.3 is 0 Å². The average molecular weight is 462 g/mol. The Balaban J connectivity index is 1.08. The Morgan fingerprint density at radius 2 is 2.12 bits per heavy atom. The summed E-state index contributed by atoms with van der Waals surface area (Å²) in [5, 5.41) is 3.43. The van der Waals surface area contributed by atoms with Crippen molar-refractivity contribution in [2.75, 3.05) is 44.7 Å². The van der Waals surface area contributed by atoms with Crippen molar-refractivity contribution in [3.63, 3.8) is 0 Å². The molecular weight excluding hydrogens is 426 g/mol. The number of carbonyl (C=O) groups is 1. The van der Waals surface area contributed by atoms with Gasteiger partial charge in [0.25, 0.3) is 5.91 Å². The first kappa shape index (κ1) is 21.9. The van der Waals surface area contributed by atoms with Crippen molar-refractivity contribution >= 4 is 11.6 Å². The highest BCUT2D eigenvalue weighted by molar-refractivity contribution is 5.98. The molecule has 1 unspecified atom stereocenters. The Labute approximate surface area is 202 Å². The number of carbonyl (C=O) groups excluding carboxylic acids is 1. The predicted octanol–water partition coefficient (Wildman–Crippen LogP) is 2.83. The van der Waals surface area contributed by atoms with Crippen LogP contribution in [-0.4, -0.2) is 72.6 Å². The first-order chi connectivity index (χ1) is 16.7. The van der Waals surface area contributed by atoms with E-state index < -0.39 is 0 Å². The second kappa shape index (κ2) is 9.19. The van der Waals surface area contributed by atoms with Gasteiger partial charge in [-0.25, -0.2) is 0 Å². The normalized spacial score (nSPS) is 24.9. The van der Waals surface area contributed by atoms with Crippen LogP contribution in [0.15, 0.2) is 30.6 Å². The Morgan fingerprint density at radius 3 is 3.00 bits per heavy atom. The van der Waals surface area contributed by atoms with Crippen LogP contribution in [0.2, 0.25) is 0 Å². The number of fused-ring (bicyclic) bond motifs is 2. The standard InChI is InChI=1S/C27H35N5O2/c1-30-10-3-5-24-20(13-29-15-26(24)30)16-31-11-8-23(18-31)34-22-6-7-25-19(12-22)17-32(27(25)33)21-4-2-9-28-14-21/h6-7,12-13,15,21,23,28H,2-5,8-11,14,16-18H2,1H3/t21?,23-/m0/s1. The molecule has 1 aromatic carbocycles. The summed E-state index contributed by atoms with van der Waals surface area (Å²) in [7, 11) is 2.17. The fraction of sp³-hybridized carbons (Fsp3) is 0.556. The summed E-state index contributed by atoms with van der Waals surface area (Å²) in [6.45, 7) is 6.67. The van der Waals surface area contributed by atoms with Crippen molar-refractivity contribution in [1.29, 1.82) is 0 Å². The van der Waals surface area contributed by atoms with Gasteiger partial charge in [-0.05, 0) is 73.5 Å². The van der Waals surface area contributed by atoms with E-state index in [-0.39, 0.29) is 12.0 Å². The number of hydrogen-bond donors (Lipinski definition) is 1. The van der Waals surface area contributed by atoms with E-state index in [1.54, 1.807) is 0 Å². The molecule has 4 aliphatic rings. The lowest BCUT2D eigenvalue weighted by atomic mass is 9.99. The second-order valence-electron chi connectivity index (χ2n) is 10.3. The number of rotatable bonds is 5. The van der Waals surface area contributed by atoms with Gasteiger partial charge in [-0.1, -0.05) is 0 Å². The van der Waals surface area contributed by atoms with Gasteiger partial charge in [0, 0.05) is 64.1 Å². The van der Waals surface area contributed by atoms with Gasteiger partial charge in [-0.15, -0.1) is 0 Å². The fourth-order valence-electron chi connectivity index (χ4n) is 6.14. The lowest BCUT2D eigenvalue weighted by Gasteiger charge is -2.31. The van der Waals surface area contributed by atoms with E-state index in [1.807, 2.05) is 23.2 Å². The highest BCUT2D eigenvalue weighted by Gasteiger charge is 2.34. The van der Waals surface area contributed by atoms with E-state index >= 15 is 0 Å². The first-order valence-electron chi connectivity index (χ1n) is 12.9. The molecule has 2 saturated heterocycles. The van der Waals surface area contributed by atoms with Crippen LogP contribution >= 0.6 is 0 Å². The minimum Gasteiger partial charge on any atom is -0.489 e. The number of pyridine rings is 1. The highest BCUT2D eigenvalue weighted by Crippen LogP contribution is 2.32. The van der Waals surface area contributed by atoms with Crippen LogP contribution in [0, 0.1) is 0 Å². The molecule has 0 bridgehead atoms. The van der Waals surface area contributed by atoms with Gasteiger partial charge in [-0.2, -0.15) is 0 Å². The maximum absolute atomic E-state index is 12.9. The topological polar surface area (TPSA) is 60.9 Å². The molecule has 7 heteroatoms. The summed E-state index contributed by atoms with van der Waals surface area (Å²) in [5.41, 5.74) is 6.07. The van der Waals surface area contributed by atoms with Crippen LogP contribution in [0.1, 0.15) is 52.7 Å². The summed E-state index contributed by atoms with van der Waals surface area (Å²) < 4.78 is 6.41. The number of amides is 1. The summed E-state index contributed by atoms with van der Waals surface area (Å²) in [4.78, 5) is 24.3. The van der Waals surface area contributed by atoms with Crippen molar-refractivity contribution in [3.8, 4) is 5.75 Å². The van der Waals surface area contributed by atoms with Crippen molar-refractivity contribution in [3.05, 3.63) is 52.8 Å². The summed E-state index contributed by atoms with van der Waals surface area (Å²) >= 11 is 0. The molecule has 0 radical (unpaired) electrons. The number of anilines is 1. The Hall–Kier alpha value is -2.64. The zero-order chi connectivity index (χ0) is 23.1. The van der Waals surface area contributed by atoms with Gasteiger partial charge in [0.15, 0.2) is 0 Å². The molecule has 34 heavy (non-hydrogen) atoms. The van der Waals surface area contributed by atoms with E-state index in [4.69, 9.17) is 4.74 Å².